The van der Waals surface area contributed by atoms with Crippen molar-refractivity contribution in [1.82, 2.24) is 14.9 Å². The molecule has 0 spiro atoms. The van der Waals surface area contributed by atoms with Crippen molar-refractivity contribution < 1.29 is 0 Å². The van der Waals surface area contributed by atoms with Crippen LogP contribution >= 0.6 is 22.9 Å². The zero-order chi connectivity index (χ0) is 16.2. The highest BCUT2D eigenvalue weighted by molar-refractivity contribution is 7.11. The minimum Gasteiger partial charge on any atom is -0.383 e. The van der Waals surface area contributed by atoms with E-state index in [1.807, 2.05) is 18.4 Å². The molecule has 3 heterocycles. The number of piperazine rings is 1. The van der Waals surface area contributed by atoms with Crippen LogP contribution in [-0.2, 0) is 13.0 Å². The summed E-state index contributed by atoms with van der Waals surface area (Å²) in [6, 6.07) is 4.51. The van der Waals surface area contributed by atoms with Crippen LogP contribution in [0.4, 0.5) is 11.5 Å². The predicted octanol–water partition coefficient (Wildman–Crippen LogP) is 3.12. The normalized spacial score (nSPS) is 15.9. The number of rotatable bonds is 5. The van der Waals surface area contributed by atoms with Crippen molar-refractivity contribution in [1.29, 1.82) is 0 Å². The molecular formula is C16H22ClN5S. The second-order valence-electron chi connectivity index (χ2n) is 5.60. The summed E-state index contributed by atoms with van der Waals surface area (Å²) in [5.74, 6) is 0.900. The van der Waals surface area contributed by atoms with Gasteiger partial charge in [-0.05, 0) is 18.6 Å². The first kappa shape index (κ1) is 16.5. The van der Waals surface area contributed by atoms with Crippen LogP contribution in [0.5, 0.6) is 0 Å². The Morgan fingerprint density at radius 1 is 1.17 bits per heavy atom. The molecule has 1 saturated heterocycles. The Morgan fingerprint density at radius 2 is 1.91 bits per heavy atom. The van der Waals surface area contributed by atoms with Gasteiger partial charge in [-0.3, -0.25) is 4.90 Å². The number of aromatic nitrogens is 2. The van der Waals surface area contributed by atoms with E-state index in [1.54, 1.807) is 0 Å². The van der Waals surface area contributed by atoms with Gasteiger partial charge in [0.15, 0.2) is 11.0 Å². The van der Waals surface area contributed by atoms with E-state index < -0.39 is 0 Å². The molecule has 124 valence electrons. The van der Waals surface area contributed by atoms with E-state index in [0.717, 1.165) is 50.6 Å². The fourth-order valence-electron chi connectivity index (χ4n) is 2.85. The number of nitrogens with one attached hydrogen (secondary N) is 1. The number of aryl methyl sites for hydroxylation is 1. The van der Waals surface area contributed by atoms with Gasteiger partial charge >= 0.3 is 0 Å². The topological polar surface area (TPSA) is 44.3 Å². The van der Waals surface area contributed by atoms with E-state index >= 15 is 0 Å². The smallest absolute Gasteiger partial charge is 0.157 e. The van der Waals surface area contributed by atoms with Crippen LogP contribution in [0.15, 0.2) is 18.5 Å². The van der Waals surface area contributed by atoms with E-state index in [9.17, 15) is 0 Å². The quantitative estimate of drug-likeness (QED) is 0.838. The molecule has 1 aliphatic rings. The third kappa shape index (κ3) is 3.76. The van der Waals surface area contributed by atoms with Crippen molar-refractivity contribution in [2.24, 2.45) is 0 Å². The van der Waals surface area contributed by atoms with Crippen LogP contribution in [0.3, 0.4) is 0 Å². The summed E-state index contributed by atoms with van der Waals surface area (Å²) in [4.78, 5) is 16.2. The maximum absolute atomic E-state index is 6.15. The largest absolute Gasteiger partial charge is 0.383 e. The maximum Gasteiger partial charge on any atom is 0.157 e. The lowest BCUT2D eigenvalue weighted by molar-refractivity contribution is 0.251. The summed E-state index contributed by atoms with van der Waals surface area (Å²) >= 11 is 8.08. The van der Waals surface area contributed by atoms with Crippen LogP contribution < -0.4 is 10.2 Å². The SMILES string of the molecule is CCc1ccc(CN2CCN(c3ncnc(Cl)c3NC)CC2)s1. The second kappa shape index (κ2) is 7.47. The lowest BCUT2D eigenvalue weighted by Gasteiger charge is -2.35. The van der Waals surface area contributed by atoms with Gasteiger partial charge in [-0.25, -0.2) is 9.97 Å². The number of halogens is 1. The molecule has 3 rings (SSSR count). The number of thiophene rings is 1. The molecule has 1 N–H and O–H groups in total. The van der Waals surface area contributed by atoms with Crippen LogP contribution in [0, 0.1) is 0 Å². The van der Waals surface area contributed by atoms with E-state index in [4.69, 9.17) is 11.6 Å². The molecule has 0 radical (unpaired) electrons. The highest BCUT2D eigenvalue weighted by atomic mass is 35.5. The Balaban J connectivity index is 1.61. The zero-order valence-corrected chi connectivity index (χ0v) is 15.1. The summed E-state index contributed by atoms with van der Waals surface area (Å²) in [6.07, 6.45) is 2.66. The summed E-state index contributed by atoms with van der Waals surface area (Å²) in [5, 5.41) is 3.59. The molecule has 0 amide bonds. The van der Waals surface area contributed by atoms with E-state index in [2.05, 4.69) is 44.1 Å². The predicted molar refractivity (Wildman–Crippen MR) is 97.8 cm³/mol. The van der Waals surface area contributed by atoms with Gasteiger partial charge in [0.25, 0.3) is 0 Å². The summed E-state index contributed by atoms with van der Waals surface area (Å²) < 4.78 is 0. The third-order valence-corrected chi connectivity index (χ3v) is 5.65. The Kier molecular flexibility index (Phi) is 5.35. The molecule has 0 aliphatic carbocycles. The zero-order valence-electron chi connectivity index (χ0n) is 13.5. The van der Waals surface area contributed by atoms with Crippen LogP contribution in [-0.4, -0.2) is 48.1 Å². The van der Waals surface area contributed by atoms with Gasteiger partial charge in [0.05, 0.1) is 0 Å². The van der Waals surface area contributed by atoms with E-state index in [-0.39, 0.29) is 0 Å². The fraction of sp³-hybridized carbons (Fsp3) is 0.500. The fourth-order valence-corrected chi connectivity index (χ4v) is 4.07. The highest BCUT2D eigenvalue weighted by Gasteiger charge is 2.21. The van der Waals surface area contributed by atoms with Crippen molar-refractivity contribution in [3.05, 3.63) is 33.4 Å². The lowest BCUT2D eigenvalue weighted by Crippen LogP contribution is -2.46. The Morgan fingerprint density at radius 3 is 2.57 bits per heavy atom. The van der Waals surface area contributed by atoms with Gasteiger partial charge in [-0.1, -0.05) is 18.5 Å². The Labute approximate surface area is 146 Å². The number of nitrogens with zero attached hydrogens (tertiary/aromatic N) is 4. The van der Waals surface area contributed by atoms with Gasteiger partial charge in [0.2, 0.25) is 0 Å². The average Bonchev–Trinajstić information content (AvgIpc) is 3.03. The molecule has 0 saturated carbocycles. The molecular weight excluding hydrogens is 330 g/mol. The van der Waals surface area contributed by atoms with Gasteiger partial charge in [-0.2, -0.15) is 0 Å². The molecule has 2 aromatic heterocycles. The molecule has 5 nitrogen and oxygen atoms in total. The first-order chi connectivity index (χ1) is 11.2. The molecule has 0 aromatic carbocycles. The van der Waals surface area contributed by atoms with Gasteiger partial charge in [-0.15, -0.1) is 11.3 Å². The third-order valence-electron chi connectivity index (χ3n) is 4.15. The average molecular weight is 352 g/mol. The standard InChI is InChI=1S/C16H22ClN5S/c1-3-12-4-5-13(23-12)10-21-6-8-22(9-7-21)16-14(18-2)15(17)19-11-20-16/h4-5,11,18H,3,6-10H2,1-2H3. The van der Waals surface area contributed by atoms with Crippen molar-refractivity contribution in [2.75, 3.05) is 43.4 Å². The molecule has 2 aromatic rings. The first-order valence-corrected chi connectivity index (χ1v) is 9.13. The Hall–Kier alpha value is -1.37. The van der Waals surface area contributed by atoms with Crippen molar-refractivity contribution >= 4 is 34.4 Å². The molecule has 0 atom stereocenters. The number of hydrogen-bond donors (Lipinski definition) is 1. The Bertz CT molecular complexity index is 652. The molecule has 1 aliphatic heterocycles. The van der Waals surface area contributed by atoms with E-state index in [1.165, 1.54) is 16.1 Å². The first-order valence-electron chi connectivity index (χ1n) is 7.94. The second-order valence-corrected chi connectivity index (χ2v) is 7.21. The van der Waals surface area contributed by atoms with Crippen molar-refractivity contribution in [3.8, 4) is 0 Å². The lowest BCUT2D eigenvalue weighted by atomic mass is 10.3. The monoisotopic (exact) mass is 351 g/mol. The minimum atomic E-state index is 0.477. The summed E-state index contributed by atoms with van der Waals surface area (Å²) in [5.41, 5.74) is 0.813. The molecule has 0 bridgehead atoms. The molecule has 0 unspecified atom stereocenters. The van der Waals surface area contributed by atoms with Crippen molar-refractivity contribution in [3.63, 3.8) is 0 Å². The molecule has 1 fully saturated rings. The van der Waals surface area contributed by atoms with Gasteiger partial charge in [0, 0.05) is 49.5 Å². The van der Waals surface area contributed by atoms with Crippen LogP contribution in [0.1, 0.15) is 16.7 Å². The number of anilines is 2. The van der Waals surface area contributed by atoms with Gasteiger partial charge < -0.3 is 10.2 Å². The van der Waals surface area contributed by atoms with Gasteiger partial charge in [0.1, 0.15) is 12.0 Å². The molecule has 23 heavy (non-hydrogen) atoms. The summed E-state index contributed by atoms with van der Waals surface area (Å²) in [6.45, 7) is 7.22. The van der Waals surface area contributed by atoms with E-state index in [0.29, 0.717) is 5.15 Å². The molecule has 7 heteroatoms. The van der Waals surface area contributed by atoms with Crippen LogP contribution in [0.2, 0.25) is 5.15 Å². The minimum absolute atomic E-state index is 0.477. The van der Waals surface area contributed by atoms with Crippen molar-refractivity contribution in [2.45, 2.75) is 19.9 Å². The number of hydrogen-bond acceptors (Lipinski definition) is 6. The highest BCUT2D eigenvalue weighted by Crippen LogP contribution is 2.29. The summed E-state index contributed by atoms with van der Waals surface area (Å²) in [7, 11) is 1.85. The maximum atomic E-state index is 6.15. The van der Waals surface area contributed by atoms with Crippen LogP contribution in [0.25, 0.3) is 0 Å².